The Hall–Kier alpha value is -3.08. The predicted molar refractivity (Wildman–Crippen MR) is 90.9 cm³/mol. The molecule has 1 aromatic heterocycles. The first-order chi connectivity index (χ1) is 11.6. The van der Waals surface area contributed by atoms with E-state index < -0.39 is 11.7 Å². The van der Waals surface area contributed by atoms with Crippen molar-refractivity contribution in [1.29, 1.82) is 0 Å². The van der Waals surface area contributed by atoms with E-state index in [0.29, 0.717) is 17.9 Å². The van der Waals surface area contributed by atoms with Crippen LogP contribution in [0.3, 0.4) is 0 Å². The zero-order valence-electron chi connectivity index (χ0n) is 13.2. The lowest BCUT2D eigenvalue weighted by Gasteiger charge is -2.15. The molecule has 5 nitrogen and oxygen atoms in total. The number of nitrogens with one attached hydrogen (secondary N) is 1. The van der Waals surface area contributed by atoms with Crippen LogP contribution in [0, 0.1) is 0 Å². The Balaban J connectivity index is 1.64. The molecule has 0 aliphatic rings. The quantitative estimate of drug-likeness (QED) is 0.733. The molecule has 0 fully saturated rings. The second-order valence-corrected chi connectivity index (χ2v) is 5.42. The number of ether oxygens (including phenoxy) is 1. The van der Waals surface area contributed by atoms with Crippen LogP contribution in [0.15, 0.2) is 69.9 Å². The average Bonchev–Trinajstić information content (AvgIpc) is 2.60. The zero-order chi connectivity index (χ0) is 16.9. The minimum absolute atomic E-state index is 0.214. The smallest absolute Gasteiger partial charge is 0.336 e. The minimum atomic E-state index is -0.665. The molecule has 3 aromatic rings. The fraction of sp³-hybridized carbons (Fsp3) is 0.158. The van der Waals surface area contributed by atoms with Crippen molar-refractivity contribution in [3.8, 4) is 5.75 Å². The van der Waals surface area contributed by atoms with Crippen molar-refractivity contribution >= 4 is 16.9 Å². The third-order valence-electron chi connectivity index (χ3n) is 3.59. The first-order valence-electron chi connectivity index (χ1n) is 7.64. The topological polar surface area (TPSA) is 68.5 Å². The number of carbonyl (C=O) groups is 1. The van der Waals surface area contributed by atoms with Gasteiger partial charge in [0.25, 0.3) is 5.91 Å². The van der Waals surface area contributed by atoms with Crippen LogP contribution in [0.25, 0.3) is 11.0 Å². The van der Waals surface area contributed by atoms with Crippen molar-refractivity contribution in [2.75, 3.05) is 0 Å². The van der Waals surface area contributed by atoms with Gasteiger partial charge >= 0.3 is 5.63 Å². The van der Waals surface area contributed by atoms with E-state index in [2.05, 4.69) is 5.32 Å². The van der Waals surface area contributed by atoms with Crippen molar-refractivity contribution in [3.05, 3.63) is 76.6 Å². The van der Waals surface area contributed by atoms with E-state index in [1.54, 1.807) is 31.2 Å². The molecule has 122 valence electrons. The normalized spacial score (nSPS) is 11.9. The van der Waals surface area contributed by atoms with E-state index in [4.69, 9.17) is 9.15 Å². The summed E-state index contributed by atoms with van der Waals surface area (Å²) in [6.45, 7) is 2.12. The molecule has 0 radical (unpaired) electrons. The highest BCUT2D eigenvalue weighted by Crippen LogP contribution is 2.20. The summed E-state index contributed by atoms with van der Waals surface area (Å²) in [6.07, 6.45) is -0.665. The summed E-state index contributed by atoms with van der Waals surface area (Å²) >= 11 is 0. The molecular formula is C19H17NO4. The maximum atomic E-state index is 12.1. The molecule has 2 aromatic carbocycles. The van der Waals surface area contributed by atoms with Gasteiger partial charge in [-0.25, -0.2) is 4.79 Å². The second kappa shape index (κ2) is 7.00. The summed E-state index contributed by atoms with van der Waals surface area (Å²) in [5, 5.41) is 3.62. The van der Waals surface area contributed by atoms with Gasteiger partial charge in [0.15, 0.2) is 6.10 Å². The highest BCUT2D eigenvalue weighted by atomic mass is 16.5. The number of amides is 1. The largest absolute Gasteiger partial charge is 0.481 e. The minimum Gasteiger partial charge on any atom is -0.481 e. The van der Waals surface area contributed by atoms with Crippen LogP contribution in [0.2, 0.25) is 0 Å². The van der Waals surface area contributed by atoms with Crippen molar-refractivity contribution in [2.24, 2.45) is 0 Å². The number of carbonyl (C=O) groups excluding carboxylic acids is 1. The van der Waals surface area contributed by atoms with E-state index in [-0.39, 0.29) is 5.91 Å². The number of hydrogen-bond acceptors (Lipinski definition) is 4. The molecule has 5 heteroatoms. The van der Waals surface area contributed by atoms with E-state index in [1.165, 1.54) is 6.07 Å². The van der Waals surface area contributed by atoms with Crippen molar-refractivity contribution in [3.63, 3.8) is 0 Å². The van der Waals surface area contributed by atoms with Crippen LogP contribution < -0.4 is 15.7 Å². The van der Waals surface area contributed by atoms with Gasteiger partial charge in [-0.15, -0.1) is 0 Å². The van der Waals surface area contributed by atoms with Gasteiger partial charge in [-0.2, -0.15) is 0 Å². The molecule has 0 aliphatic heterocycles. The number of rotatable bonds is 5. The van der Waals surface area contributed by atoms with Crippen molar-refractivity contribution in [2.45, 2.75) is 19.6 Å². The zero-order valence-corrected chi connectivity index (χ0v) is 13.2. The van der Waals surface area contributed by atoms with Crippen LogP contribution in [0.1, 0.15) is 12.5 Å². The highest BCUT2D eigenvalue weighted by Gasteiger charge is 2.14. The summed E-state index contributed by atoms with van der Waals surface area (Å²) in [5.74, 6) is 0.257. The van der Waals surface area contributed by atoms with E-state index in [9.17, 15) is 9.59 Å². The molecule has 1 N–H and O–H groups in total. The standard InChI is InChI=1S/C19H17NO4/c1-13(19(22)20-12-14-5-3-2-4-6-14)23-16-9-7-15-8-10-18(21)24-17(15)11-16/h2-11,13H,12H2,1H3,(H,20,22)/t13-/m1/s1. The highest BCUT2D eigenvalue weighted by molar-refractivity contribution is 5.81. The van der Waals surface area contributed by atoms with E-state index in [0.717, 1.165) is 10.9 Å². The molecule has 3 rings (SSSR count). The molecule has 1 heterocycles. The van der Waals surface area contributed by atoms with Gasteiger partial charge in [-0.05, 0) is 30.7 Å². The van der Waals surface area contributed by atoms with Gasteiger partial charge in [-0.1, -0.05) is 30.3 Å². The SMILES string of the molecule is C[C@@H](Oc1ccc2ccc(=O)oc2c1)C(=O)NCc1ccccc1. The van der Waals surface area contributed by atoms with Crippen molar-refractivity contribution in [1.82, 2.24) is 5.32 Å². The maximum Gasteiger partial charge on any atom is 0.336 e. The van der Waals surface area contributed by atoms with Crippen LogP contribution in [-0.2, 0) is 11.3 Å². The Morgan fingerprint density at radius 3 is 2.67 bits per heavy atom. The molecular weight excluding hydrogens is 306 g/mol. The summed E-state index contributed by atoms with van der Waals surface area (Å²) in [7, 11) is 0. The first-order valence-corrected chi connectivity index (χ1v) is 7.64. The lowest BCUT2D eigenvalue weighted by Crippen LogP contribution is -2.35. The molecule has 0 saturated heterocycles. The lowest BCUT2D eigenvalue weighted by molar-refractivity contribution is -0.127. The third-order valence-corrected chi connectivity index (χ3v) is 3.59. The first kappa shape index (κ1) is 15.8. The van der Waals surface area contributed by atoms with Gasteiger partial charge in [0, 0.05) is 24.1 Å². The molecule has 0 unspecified atom stereocenters. The summed E-state index contributed by atoms with van der Waals surface area (Å²) in [6, 6.07) is 17.8. The summed E-state index contributed by atoms with van der Waals surface area (Å²) < 4.78 is 10.8. The van der Waals surface area contributed by atoms with Crippen LogP contribution in [0.5, 0.6) is 5.75 Å². The number of benzene rings is 2. The molecule has 0 spiro atoms. The predicted octanol–water partition coefficient (Wildman–Crippen LogP) is 2.88. The fourth-order valence-electron chi connectivity index (χ4n) is 2.30. The van der Waals surface area contributed by atoms with Gasteiger partial charge in [0.2, 0.25) is 0 Å². The maximum absolute atomic E-state index is 12.1. The van der Waals surface area contributed by atoms with Gasteiger partial charge in [0.1, 0.15) is 11.3 Å². The lowest BCUT2D eigenvalue weighted by atomic mass is 10.2. The molecule has 24 heavy (non-hydrogen) atoms. The molecule has 0 aliphatic carbocycles. The molecule has 1 amide bonds. The van der Waals surface area contributed by atoms with Crippen LogP contribution >= 0.6 is 0 Å². The van der Waals surface area contributed by atoms with Gasteiger partial charge < -0.3 is 14.5 Å². The third kappa shape index (κ3) is 3.81. The van der Waals surface area contributed by atoms with Crippen LogP contribution in [-0.4, -0.2) is 12.0 Å². The van der Waals surface area contributed by atoms with Gasteiger partial charge in [0.05, 0.1) is 0 Å². The van der Waals surface area contributed by atoms with E-state index in [1.807, 2.05) is 30.3 Å². The molecule has 0 bridgehead atoms. The Morgan fingerprint density at radius 2 is 1.88 bits per heavy atom. The van der Waals surface area contributed by atoms with E-state index >= 15 is 0 Å². The molecule has 0 saturated carbocycles. The number of fused-ring (bicyclic) bond motifs is 1. The van der Waals surface area contributed by atoms with Crippen molar-refractivity contribution < 1.29 is 13.9 Å². The molecule has 1 atom stereocenters. The van der Waals surface area contributed by atoms with Crippen LogP contribution in [0.4, 0.5) is 0 Å². The Bertz CT molecular complexity index is 902. The average molecular weight is 323 g/mol. The monoisotopic (exact) mass is 323 g/mol. The fourth-order valence-corrected chi connectivity index (χ4v) is 2.30. The summed E-state index contributed by atoms with van der Waals surface area (Å²) in [4.78, 5) is 23.4. The summed E-state index contributed by atoms with van der Waals surface area (Å²) in [5.41, 5.74) is 1.02. The Labute approximate surface area is 138 Å². The Kier molecular flexibility index (Phi) is 4.61. The second-order valence-electron chi connectivity index (χ2n) is 5.42. The number of hydrogen-bond donors (Lipinski definition) is 1. The van der Waals surface area contributed by atoms with Gasteiger partial charge in [-0.3, -0.25) is 4.79 Å². The Morgan fingerprint density at radius 1 is 1.12 bits per heavy atom.